The lowest BCUT2D eigenvalue weighted by Gasteiger charge is -2.18. The van der Waals surface area contributed by atoms with E-state index in [-0.39, 0.29) is 11.9 Å². The molecule has 0 heterocycles. The summed E-state index contributed by atoms with van der Waals surface area (Å²) in [5.41, 5.74) is 6.70. The lowest BCUT2D eigenvalue weighted by atomic mass is 10.0. The molecule has 1 aromatic carbocycles. The van der Waals surface area contributed by atoms with Gasteiger partial charge in [-0.25, -0.2) is 0 Å². The molecule has 16 heavy (non-hydrogen) atoms. The summed E-state index contributed by atoms with van der Waals surface area (Å²) in [5, 5.41) is 15.0. The number of amidine groups is 1. The van der Waals surface area contributed by atoms with Crippen molar-refractivity contribution in [1.82, 2.24) is 5.32 Å². The van der Waals surface area contributed by atoms with E-state index in [0.717, 1.165) is 18.5 Å². The van der Waals surface area contributed by atoms with Gasteiger partial charge in [-0.15, -0.1) is 0 Å². The first-order valence-electron chi connectivity index (χ1n) is 5.52. The lowest BCUT2D eigenvalue weighted by Crippen LogP contribution is -2.27. The molecule has 4 nitrogen and oxygen atoms in total. The fraction of sp³-hybridized carbons (Fsp3) is 0.417. The molecule has 0 bridgehead atoms. The van der Waals surface area contributed by atoms with Gasteiger partial charge in [0.25, 0.3) is 0 Å². The summed E-state index contributed by atoms with van der Waals surface area (Å²) in [6.45, 7) is 3.02. The summed E-state index contributed by atoms with van der Waals surface area (Å²) in [6.07, 6.45) is 1.57. The molecule has 0 amide bonds. The van der Waals surface area contributed by atoms with Crippen molar-refractivity contribution in [3.05, 3.63) is 35.9 Å². The van der Waals surface area contributed by atoms with E-state index in [9.17, 15) is 0 Å². The van der Waals surface area contributed by atoms with E-state index in [1.165, 1.54) is 0 Å². The molecule has 0 aliphatic carbocycles. The van der Waals surface area contributed by atoms with Crippen LogP contribution in [0.3, 0.4) is 0 Å². The van der Waals surface area contributed by atoms with Crippen molar-refractivity contribution in [2.24, 2.45) is 10.9 Å². The highest BCUT2D eigenvalue weighted by Crippen LogP contribution is 2.16. The molecule has 0 saturated heterocycles. The van der Waals surface area contributed by atoms with Crippen LogP contribution in [0.25, 0.3) is 0 Å². The molecular weight excluding hydrogens is 202 g/mol. The van der Waals surface area contributed by atoms with Crippen LogP contribution >= 0.6 is 0 Å². The first-order chi connectivity index (χ1) is 7.77. The highest BCUT2D eigenvalue weighted by atomic mass is 16.4. The molecule has 88 valence electrons. The maximum Gasteiger partial charge on any atom is 0.141 e. The zero-order chi connectivity index (χ0) is 11.8. The molecule has 1 unspecified atom stereocenters. The molecule has 4 heteroatoms. The van der Waals surface area contributed by atoms with Gasteiger partial charge in [0.05, 0.1) is 0 Å². The van der Waals surface area contributed by atoms with Gasteiger partial charge in [-0.2, -0.15) is 0 Å². The van der Waals surface area contributed by atoms with Gasteiger partial charge >= 0.3 is 0 Å². The number of nitrogens with one attached hydrogen (secondary N) is 1. The van der Waals surface area contributed by atoms with Crippen LogP contribution in [0.2, 0.25) is 0 Å². The molecule has 0 aliphatic heterocycles. The minimum atomic E-state index is 0.108. The number of hydrogen-bond donors (Lipinski definition) is 3. The Morgan fingerprint density at radius 2 is 2.12 bits per heavy atom. The minimum absolute atomic E-state index is 0.108. The Labute approximate surface area is 96.2 Å². The maximum absolute atomic E-state index is 8.59. The summed E-state index contributed by atoms with van der Waals surface area (Å²) in [4.78, 5) is 0. The normalized spacial score (nSPS) is 13.7. The van der Waals surface area contributed by atoms with Gasteiger partial charge < -0.3 is 16.3 Å². The topological polar surface area (TPSA) is 70.6 Å². The van der Waals surface area contributed by atoms with Crippen molar-refractivity contribution in [2.45, 2.75) is 25.8 Å². The average molecular weight is 221 g/mol. The fourth-order valence-electron chi connectivity index (χ4n) is 1.56. The Bertz CT molecular complexity index is 324. The summed E-state index contributed by atoms with van der Waals surface area (Å²) >= 11 is 0. The van der Waals surface area contributed by atoms with Crippen LogP contribution in [-0.4, -0.2) is 17.6 Å². The second-order valence-corrected chi connectivity index (χ2v) is 3.71. The van der Waals surface area contributed by atoms with Crippen molar-refractivity contribution < 1.29 is 5.21 Å². The minimum Gasteiger partial charge on any atom is -0.409 e. The number of nitrogens with zero attached hydrogens (tertiary/aromatic N) is 1. The summed E-state index contributed by atoms with van der Waals surface area (Å²) in [5.74, 6) is 0.248. The number of oxime groups is 1. The molecule has 1 atom stereocenters. The van der Waals surface area contributed by atoms with Crippen molar-refractivity contribution >= 4 is 5.84 Å². The molecule has 0 saturated carbocycles. The van der Waals surface area contributed by atoms with Gasteiger partial charge in [0.1, 0.15) is 5.84 Å². The number of benzene rings is 1. The van der Waals surface area contributed by atoms with E-state index in [2.05, 4.69) is 17.4 Å². The SMILES string of the molecule is CCCNC(CC(N)=NO)c1ccccc1. The molecule has 1 rings (SSSR count). The van der Waals surface area contributed by atoms with Gasteiger partial charge in [-0.3, -0.25) is 0 Å². The Kier molecular flexibility index (Phi) is 5.36. The van der Waals surface area contributed by atoms with Crippen LogP contribution in [0.1, 0.15) is 31.4 Å². The van der Waals surface area contributed by atoms with Crippen LogP contribution in [0, 0.1) is 0 Å². The Balaban J connectivity index is 2.71. The standard InChI is InChI=1S/C12H19N3O/c1-2-8-14-11(9-12(13)15-16)10-6-4-3-5-7-10/h3-7,11,14,16H,2,8-9H2,1H3,(H2,13,15). The molecule has 0 fully saturated rings. The number of rotatable bonds is 6. The Morgan fingerprint density at radius 3 is 2.69 bits per heavy atom. The van der Waals surface area contributed by atoms with Crippen LogP contribution in [-0.2, 0) is 0 Å². The van der Waals surface area contributed by atoms with Gasteiger partial charge in [-0.1, -0.05) is 42.4 Å². The molecule has 0 aliphatic rings. The van der Waals surface area contributed by atoms with E-state index in [0.29, 0.717) is 6.42 Å². The Hall–Kier alpha value is -1.55. The van der Waals surface area contributed by atoms with Crippen LogP contribution in [0.5, 0.6) is 0 Å². The molecule has 1 aromatic rings. The predicted molar refractivity (Wildman–Crippen MR) is 65.5 cm³/mol. The highest BCUT2D eigenvalue weighted by molar-refractivity contribution is 5.80. The smallest absolute Gasteiger partial charge is 0.141 e. The van der Waals surface area contributed by atoms with Crippen molar-refractivity contribution in [3.63, 3.8) is 0 Å². The second kappa shape index (κ2) is 6.85. The molecule has 4 N–H and O–H groups in total. The summed E-state index contributed by atoms with van der Waals surface area (Å²) in [7, 11) is 0. The van der Waals surface area contributed by atoms with Crippen LogP contribution in [0.4, 0.5) is 0 Å². The third-order valence-electron chi connectivity index (χ3n) is 2.38. The molecule has 0 aromatic heterocycles. The Morgan fingerprint density at radius 1 is 1.44 bits per heavy atom. The second-order valence-electron chi connectivity index (χ2n) is 3.71. The first kappa shape index (κ1) is 12.5. The van der Waals surface area contributed by atoms with E-state index in [1.807, 2.05) is 30.3 Å². The van der Waals surface area contributed by atoms with E-state index in [1.54, 1.807) is 0 Å². The fourth-order valence-corrected chi connectivity index (χ4v) is 1.56. The van der Waals surface area contributed by atoms with E-state index < -0.39 is 0 Å². The van der Waals surface area contributed by atoms with Crippen molar-refractivity contribution in [2.75, 3.05) is 6.54 Å². The molecule has 0 radical (unpaired) electrons. The van der Waals surface area contributed by atoms with Crippen molar-refractivity contribution in [1.29, 1.82) is 0 Å². The van der Waals surface area contributed by atoms with Gasteiger partial charge in [0.15, 0.2) is 0 Å². The average Bonchev–Trinajstić information content (AvgIpc) is 2.35. The number of nitrogens with two attached hydrogens (primary N) is 1. The lowest BCUT2D eigenvalue weighted by molar-refractivity contribution is 0.315. The van der Waals surface area contributed by atoms with Crippen LogP contribution in [0.15, 0.2) is 35.5 Å². The highest BCUT2D eigenvalue weighted by Gasteiger charge is 2.11. The van der Waals surface area contributed by atoms with Gasteiger partial charge in [0.2, 0.25) is 0 Å². The van der Waals surface area contributed by atoms with Gasteiger partial charge in [-0.05, 0) is 18.5 Å². The monoisotopic (exact) mass is 221 g/mol. The number of hydrogen-bond acceptors (Lipinski definition) is 3. The van der Waals surface area contributed by atoms with Crippen molar-refractivity contribution in [3.8, 4) is 0 Å². The van der Waals surface area contributed by atoms with Gasteiger partial charge in [0, 0.05) is 12.5 Å². The summed E-state index contributed by atoms with van der Waals surface area (Å²) < 4.78 is 0. The zero-order valence-electron chi connectivity index (χ0n) is 9.56. The predicted octanol–water partition coefficient (Wildman–Crippen LogP) is 1.86. The molecule has 0 spiro atoms. The largest absolute Gasteiger partial charge is 0.409 e. The molecular formula is C12H19N3O. The van der Waals surface area contributed by atoms with Crippen LogP contribution < -0.4 is 11.1 Å². The quantitative estimate of drug-likeness (QED) is 0.297. The zero-order valence-corrected chi connectivity index (χ0v) is 9.56. The summed E-state index contributed by atoms with van der Waals surface area (Å²) in [6, 6.07) is 10.1. The third kappa shape index (κ3) is 3.90. The van der Waals surface area contributed by atoms with E-state index in [4.69, 9.17) is 10.9 Å². The third-order valence-corrected chi connectivity index (χ3v) is 2.38. The van der Waals surface area contributed by atoms with E-state index >= 15 is 0 Å². The maximum atomic E-state index is 8.59. The first-order valence-corrected chi connectivity index (χ1v) is 5.52.